The van der Waals surface area contributed by atoms with Crippen LogP contribution in [0.4, 0.5) is 10.2 Å². The van der Waals surface area contributed by atoms with Crippen molar-refractivity contribution in [1.82, 2.24) is 9.55 Å². The number of ether oxygens (including phenoxy) is 1. The molecular formula is C10H18BrFN3O13P3. The number of halogens is 2. The van der Waals surface area contributed by atoms with Crippen molar-refractivity contribution in [3.05, 3.63) is 22.7 Å². The van der Waals surface area contributed by atoms with Crippen molar-refractivity contribution in [3.8, 4) is 0 Å². The van der Waals surface area contributed by atoms with E-state index in [4.69, 9.17) is 25.2 Å². The Balaban J connectivity index is 3.06. The number of nitrogen functional groups attached to an aromatic ring is 1. The molecule has 16 nitrogen and oxygen atoms in total. The predicted octanol–water partition coefficient (Wildman–Crippen LogP) is -0.222. The van der Waals surface area contributed by atoms with E-state index in [2.05, 4.69) is 34.1 Å². The minimum Gasteiger partial charge on any atom is -0.385 e. The summed E-state index contributed by atoms with van der Waals surface area (Å²) in [6.45, 7) is -1.20. The number of hydrogen-bond acceptors (Lipinski definition) is 11. The number of phosphoric ester groups is 1. The summed E-state index contributed by atoms with van der Waals surface area (Å²) in [5, 5.41) is 9.90. The molecule has 1 heterocycles. The van der Waals surface area contributed by atoms with Crippen molar-refractivity contribution in [2.24, 2.45) is 0 Å². The summed E-state index contributed by atoms with van der Waals surface area (Å²) in [4.78, 5) is 50.7. The van der Waals surface area contributed by atoms with E-state index in [-0.39, 0.29) is 5.82 Å². The fourth-order valence-corrected chi connectivity index (χ4v) is 5.75. The lowest BCUT2D eigenvalue weighted by Gasteiger charge is -2.36. The minimum atomic E-state index is -5.79. The summed E-state index contributed by atoms with van der Waals surface area (Å²) in [5.74, 6) is -0.228. The van der Waals surface area contributed by atoms with Crippen LogP contribution in [0.3, 0.4) is 0 Å². The Kier molecular flexibility index (Phi) is 9.70. The maximum absolute atomic E-state index is 14.8. The zero-order chi connectivity index (χ0) is 24.3. The molecule has 0 fully saturated rings. The molecule has 0 spiro atoms. The average molecular weight is 580 g/mol. The first-order chi connectivity index (χ1) is 14.0. The van der Waals surface area contributed by atoms with Crippen LogP contribution in [0.2, 0.25) is 0 Å². The van der Waals surface area contributed by atoms with E-state index in [1.54, 1.807) is 0 Å². The van der Waals surface area contributed by atoms with Crippen molar-refractivity contribution >= 4 is 45.2 Å². The van der Waals surface area contributed by atoms with Crippen LogP contribution in [-0.4, -0.2) is 65.0 Å². The van der Waals surface area contributed by atoms with Gasteiger partial charge in [-0.25, -0.2) is 22.9 Å². The van der Waals surface area contributed by atoms with Gasteiger partial charge in [-0.05, 0) is 6.07 Å². The van der Waals surface area contributed by atoms with Crippen LogP contribution in [0, 0.1) is 0 Å². The molecule has 180 valence electrons. The van der Waals surface area contributed by atoms with Gasteiger partial charge in [-0.1, -0.05) is 15.9 Å². The van der Waals surface area contributed by atoms with Gasteiger partial charge >= 0.3 is 29.2 Å². The summed E-state index contributed by atoms with van der Waals surface area (Å²) in [6.07, 6.45) is -3.94. The number of phosphoric acid groups is 3. The summed E-state index contributed by atoms with van der Waals surface area (Å²) in [6, 6.07) is 1.05. The predicted molar refractivity (Wildman–Crippen MR) is 102 cm³/mol. The summed E-state index contributed by atoms with van der Waals surface area (Å²) >= 11 is 2.88. The number of alkyl halides is 2. The molecule has 1 aromatic rings. The van der Waals surface area contributed by atoms with Gasteiger partial charge in [0.1, 0.15) is 17.5 Å². The fourth-order valence-electron chi connectivity index (χ4n) is 1.95. The number of nitrogens with two attached hydrogens (primary N) is 1. The van der Waals surface area contributed by atoms with E-state index in [9.17, 15) is 32.9 Å². The molecule has 5 atom stereocenters. The Morgan fingerprint density at radius 1 is 1.26 bits per heavy atom. The number of aliphatic hydroxyl groups is 1. The number of rotatable bonds is 12. The number of aliphatic hydroxyl groups excluding tert-OH is 1. The van der Waals surface area contributed by atoms with Crippen LogP contribution >= 0.6 is 39.4 Å². The van der Waals surface area contributed by atoms with Crippen molar-refractivity contribution in [2.75, 3.05) is 24.8 Å². The Morgan fingerprint density at radius 2 is 1.84 bits per heavy atom. The maximum atomic E-state index is 14.8. The van der Waals surface area contributed by atoms with Gasteiger partial charge in [-0.2, -0.15) is 13.6 Å². The summed E-state index contributed by atoms with van der Waals surface area (Å²) < 4.78 is 65.4. The second-order valence-electron chi connectivity index (χ2n) is 5.63. The smallest absolute Gasteiger partial charge is 0.385 e. The van der Waals surface area contributed by atoms with Crippen LogP contribution in [-0.2, 0) is 31.6 Å². The number of anilines is 1. The van der Waals surface area contributed by atoms with E-state index >= 15 is 0 Å². The number of methoxy groups -OCH3 is 1. The third-order valence-electron chi connectivity index (χ3n) is 3.44. The molecule has 0 aromatic carbocycles. The molecule has 7 N–H and O–H groups in total. The number of aromatic nitrogens is 2. The molecule has 2 unspecified atom stereocenters. The first-order valence-corrected chi connectivity index (χ1v) is 13.2. The van der Waals surface area contributed by atoms with Gasteiger partial charge in [0.15, 0.2) is 0 Å². The molecule has 0 aliphatic rings. The third kappa shape index (κ3) is 8.37. The highest BCUT2D eigenvalue weighted by molar-refractivity contribution is 9.09. The zero-order valence-electron chi connectivity index (χ0n) is 15.3. The van der Waals surface area contributed by atoms with Crippen molar-refractivity contribution in [3.63, 3.8) is 0 Å². The van der Waals surface area contributed by atoms with Crippen LogP contribution in [0.5, 0.6) is 0 Å². The topological polar surface area (TPSA) is 250 Å². The Morgan fingerprint density at radius 3 is 2.29 bits per heavy atom. The van der Waals surface area contributed by atoms with E-state index in [1.165, 1.54) is 0 Å². The van der Waals surface area contributed by atoms with Gasteiger partial charge in [-0.15, -0.1) is 0 Å². The largest absolute Gasteiger partial charge is 0.490 e. The Hall–Kier alpha value is -0.580. The monoisotopic (exact) mass is 579 g/mol. The van der Waals surface area contributed by atoms with E-state index in [1.807, 2.05) is 0 Å². The standard InChI is InChI=1S/C10H18BrFN3O13P3/c1-25-10(4-11,7(16)8(12)15-3-2-6(13)14-9(15)17)5-26-30(21,22)28-31(23,24)27-29(18,19)20/h2-3,7-8,16H,4-5H2,1H3,(H,21,22)(H,23,24)(H2,13,14,17)(H2,18,19,20)/t7-,8+,10+/m0/s1. The first kappa shape index (κ1) is 28.5. The van der Waals surface area contributed by atoms with Gasteiger partial charge in [-0.3, -0.25) is 9.09 Å². The second kappa shape index (κ2) is 10.6. The second-order valence-corrected chi connectivity index (χ2v) is 10.6. The molecule has 0 radical (unpaired) electrons. The van der Waals surface area contributed by atoms with Crippen molar-refractivity contribution in [2.45, 2.75) is 18.0 Å². The van der Waals surface area contributed by atoms with E-state index in [0.717, 1.165) is 19.4 Å². The molecular weight excluding hydrogens is 562 g/mol. The molecule has 31 heavy (non-hydrogen) atoms. The number of nitrogens with zero attached hydrogens (tertiary/aromatic N) is 2. The molecule has 0 aliphatic carbocycles. The minimum absolute atomic E-state index is 0.228. The highest BCUT2D eigenvalue weighted by Crippen LogP contribution is 2.66. The van der Waals surface area contributed by atoms with E-state index in [0.29, 0.717) is 4.57 Å². The highest BCUT2D eigenvalue weighted by Gasteiger charge is 2.47. The van der Waals surface area contributed by atoms with Gasteiger partial charge in [0.2, 0.25) is 6.30 Å². The number of hydrogen-bond donors (Lipinski definition) is 6. The van der Waals surface area contributed by atoms with Gasteiger partial charge in [0, 0.05) is 18.6 Å². The zero-order valence-corrected chi connectivity index (χ0v) is 19.6. The van der Waals surface area contributed by atoms with Crippen molar-refractivity contribution in [1.29, 1.82) is 0 Å². The molecule has 0 amide bonds. The van der Waals surface area contributed by atoms with Gasteiger partial charge in [0.05, 0.1) is 6.61 Å². The van der Waals surface area contributed by atoms with Crippen LogP contribution in [0.1, 0.15) is 6.30 Å². The summed E-state index contributed by atoms with van der Waals surface area (Å²) in [7, 11) is -16.1. The first-order valence-electron chi connectivity index (χ1n) is 7.54. The molecule has 0 saturated carbocycles. The SMILES string of the molecule is CO[C@](CBr)(COP(=O)(O)OP(=O)(O)OP(=O)(O)O)[C@@H](O)[C@H](F)n1ccc(N)nc1=O. The van der Waals surface area contributed by atoms with Gasteiger partial charge < -0.3 is 35.2 Å². The molecule has 1 aromatic heterocycles. The molecule has 0 bridgehead atoms. The Labute approximate surface area is 181 Å². The molecule has 0 aliphatic heterocycles. The normalized spacial score (nSPS) is 20.3. The van der Waals surface area contributed by atoms with Crippen LogP contribution in [0.25, 0.3) is 0 Å². The molecule has 21 heteroatoms. The average Bonchev–Trinajstić information content (AvgIpc) is 2.59. The lowest BCUT2D eigenvalue weighted by Crippen LogP contribution is -2.53. The lowest BCUT2D eigenvalue weighted by molar-refractivity contribution is -0.148. The Bertz CT molecular complexity index is 968. The van der Waals surface area contributed by atoms with E-state index < -0.39 is 59.1 Å². The van der Waals surface area contributed by atoms with Crippen LogP contribution < -0.4 is 11.4 Å². The van der Waals surface area contributed by atoms with Crippen molar-refractivity contribution < 1.29 is 60.6 Å². The molecule has 1 rings (SSSR count). The molecule has 0 saturated heterocycles. The maximum Gasteiger partial charge on any atom is 0.490 e. The quantitative estimate of drug-likeness (QED) is 0.138. The highest BCUT2D eigenvalue weighted by atomic mass is 79.9. The van der Waals surface area contributed by atoms with Crippen LogP contribution in [0.15, 0.2) is 17.1 Å². The summed E-state index contributed by atoms with van der Waals surface area (Å²) in [5.41, 5.74) is 1.91. The third-order valence-corrected chi connectivity index (χ3v) is 8.17. The lowest BCUT2D eigenvalue weighted by atomic mass is 9.99. The fraction of sp³-hybridized carbons (Fsp3) is 0.600. The van der Waals surface area contributed by atoms with Gasteiger partial charge in [0.25, 0.3) is 0 Å².